The average molecular weight is 306 g/mol. The van der Waals surface area contributed by atoms with Crippen molar-refractivity contribution in [3.05, 3.63) is 20.8 Å². The summed E-state index contributed by atoms with van der Waals surface area (Å²) < 4.78 is 7.16. The molecular weight excluding hydrogens is 286 g/mol. The highest BCUT2D eigenvalue weighted by atomic mass is 79.9. The summed E-state index contributed by atoms with van der Waals surface area (Å²) in [5.74, 6) is 0.504. The molecule has 0 aliphatic heterocycles. The van der Waals surface area contributed by atoms with Gasteiger partial charge in [0.15, 0.2) is 0 Å². The third-order valence-corrected chi connectivity index (χ3v) is 4.34. The molecule has 92 valence electrons. The van der Waals surface area contributed by atoms with Gasteiger partial charge in [0, 0.05) is 10.9 Å². The Bertz CT molecular complexity index is 325. The van der Waals surface area contributed by atoms with E-state index >= 15 is 0 Å². The van der Waals surface area contributed by atoms with Crippen LogP contribution in [-0.2, 0) is 4.74 Å². The Kier molecular flexibility index (Phi) is 5.44. The predicted molar refractivity (Wildman–Crippen MR) is 73.8 cm³/mol. The summed E-state index contributed by atoms with van der Waals surface area (Å²) in [6.07, 6.45) is 0.213. The number of rotatable bonds is 5. The fraction of sp³-hybridized carbons (Fsp3) is 0.667. The van der Waals surface area contributed by atoms with E-state index in [1.54, 1.807) is 11.3 Å². The Morgan fingerprint density at radius 1 is 1.25 bits per heavy atom. The number of thiophene rings is 1. The fourth-order valence-corrected chi connectivity index (χ4v) is 2.90. The molecule has 0 fully saturated rings. The van der Waals surface area contributed by atoms with Gasteiger partial charge in [-0.1, -0.05) is 13.8 Å². The van der Waals surface area contributed by atoms with Crippen molar-refractivity contribution in [3.63, 3.8) is 0 Å². The summed E-state index contributed by atoms with van der Waals surface area (Å²) in [6, 6.07) is 4.13. The van der Waals surface area contributed by atoms with Gasteiger partial charge in [0.25, 0.3) is 0 Å². The van der Waals surface area contributed by atoms with Crippen LogP contribution in [0.15, 0.2) is 15.9 Å². The highest BCUT2D eigenvalue weighted by Crippen LogP contribution is 2.32. The zero-order valence-corrected chi connectivity index (χ0v) is 12.6. The molecule has 3 unspecified atom stereocenters. The van der Waals surface area contributed by atoms with Crippen molar-refractivity contribution in [2.45, 2.75) is 45.9 Å². The van der Waals surface area contributed by atoms with E-state index in [2.05, 4.69) is 42.8 Å². The third kappa shape index (κ3) is 3.84. The molecular formula is C12H20BrNOS. The minimum Gasteiger partial charge on any atom is -0.368 e. The molecule has 0 amide bonds. The van der Waals surface area contributed by atoms with Crippen LogP contribution < -0.4 is 5.73 Å². The van der Waals surface area contributed by atoms with Gasteiger partial charge in [-0.15, -0.1) is 11.3 Å². The SMILES string of the molecule is CC(C)C(C)OC(c1ccc(Br)s1)C(C)N. The summed E-state index contributed by atoms with van der Waals surface area (Å²) >= 11 is 5.16. The lowest BCUT2D eigenvalue weighted by Crippen LogP contribution is -2.30. The van der Waals surface area contributed by atoms with E-state index in [4.69, 9.17) is 10.5 Å². The molecule has 1 rings (SSSR count). The van der Waals surface area contributed by atoms with Crippen LogP contribution in [0.2, 0.25) is 0 Å². The van der Waals surface area contributed by atoms with Gasteiger partial charge in [0.1, 0.15) is 6.10 Å². The van der Waals surface area contributed by atoms with Gasteiger partial charge >= 0.3 is 0 Å². The zero-order valence-electron chi connectivity index (χ0n) is 10.2. The molecule has 0 spiro atoms. The number of hydrogen-bond acceptors (Lipinski definition) is 3. The van der Waals surface area contributed by atoms with Crippen molar-refractivity contribution in [3.8, 4) is 0 Å². The molecule has 0 aliphatic rings. The van der Waals surface area contributed by atoms with Crippen LogP contribution in [0.1, 0.15) is 38.7 Å². The summed E-state index contributed by atoms with van der Waals surface area (Å²) in [5, 5.41) is 0. The first-order valence-corrected chi connectivity index (χ1v) is 7.19. The molecule has 2 N–H and O–H groups in total. The molecule has 1 aromatic heterocycles. The molecule has 0 radical (unpaired) electrons. The number of ether oxygens (including phenoxy) is 1. The van der Waals surface area contributed by atoms with Crippen LogP contribution in [0.25, 0.3) is 0 Å². The largest absolute Gasteiger partial charge is 0.368 e. The van der Waals surface area contributed by atoms with Crippen LogP contribution in [0.3, 0.4) is 0 Å². The van der Waals surface area contributed by atoms with Crippen molar-refractivity contribution < 1.29 is 4.74 Å². The molecule has 0 aliphatic carbocycles. The molecule has 0 saturated carbocycles. The number of nitrogens with two attached hydrogens (primary N) is 1. The molecule has 16 heavy (non-hydrogen) atoms. The average Bonchev–Trinajstić information content (AvgIpc) is 2.59. The Balaban J connectivity index is 2.76. The molecule has 0 aromatic carbocycles. The van der Waals surface area contributed by atoms with Gasteiger partial charge in [-0.2, -0.15) is 0 Å². The summed E-state index contributed by atoms with van der Waals surface area (Å²) in [5.41, 5.74) is 5.99. The van der Waals surface area contributed by atoms with Crippen LogP contribution in [-0.4, -0.2) is 12.1 Å². The van der Waals surface area contributed by atoms with Crippen molar-refractivity contribution >= 4 is 27.3 Å². The van der Waals surface area contributed by atoms with Crippen molar-refractivity contribution in [2.75, 3.05) is 0 Å². The molecule has 1 heterocycles. The van der Waals surface area contributed by atoms with Crippen molar-refractivity contribution in [1.29, 1.82) is 0 Å². The zero-order chi connectivity index (χ0) is 12.3. The highest BCUT2D eigenvalue weighted by molar-refractivity contribution is 9.11. The van der Waals surface area contributed by atoms with E-state index in [9.17, 15) is 0 Å². The predicted octanol–water partition coefficient (Wildman–Crippen LogP) is 3.96. The maximum absolute atomic E-state index is 6.04. The molecule has 4 heteroatoms. The van der Waals surface area contributed by atoms with Gasteiger partial charge in [-0.25, -0.2) is 0 Å². The summed E-state index contributed by atoms with van der Waals surface area (Å²) in [6.45, 7) is 8.41. The lowest BCUT2D eigenvalue weighted by atomic mass is 10.1. The Morgan fingerprint density at radius 3 is 2.25 bits per heavy atom. The maximum Gasteiger partial charge on any atom is 0.107 e. The third-order valence-electron chi connectivity index (χ3n) is 2.65. The van der Waals surface area contributed by atoms with Crippen LogP contribution in [0, 0.1) is 5.92 Å². The van der Waals surface area contributed by atoms with Gasteiger partial charge in [-0.05, 0) is 47.8 Å². The normalized spacial score (nSPS) is 17.4. The Hall–Kier alpha value is 0.1000. The lowest BCUT2D eigenvalue weighted by molar-refractivity contribution is -0.0346. The van der Waals surface area contributed by atoms with E-state index in [1.165, 1.54) is 4.88 Å². The first kappa shape index (κ1) is 14.2. The number of hydrogen-bond donors (Lipinski definition) is 1. The monoisotopic (exact) mass is 305 g/mol. The molecule has 1 aromatic rings. The topological polar surface area (TPSA) is 35.2 Å². The van der Waals surface area contributed by atoms with Crippen LogP contribution >= 0.6 is 27.3 Å². The van der Waals surface area contributed by atoms with Gasteiger partial charge in [0.2, 0.25) is 0 Å². The first-order chi connectivity index (χ1) is 7.41. The Labute approximate surface area is 110 Å². The lowest BCUT2D eigenvalue weighted by Gasteiger charge is -2.26. The molecule has 3 atom stereocenters. The molecule has 0 saturated heterocycles. The van der Waals surface area contributed by atoms with E-state index in [0.29, 0.717) is 5.92 Å². The van der Waals surface area contributed by atoms with Crippen LogP contribution in [0.4, 0.5) is 0 Å². The maximum atomic E-state index is 6.04. The van der Waals surface area contributed by atoms with E-state index < -0.39 is 0 Å². The van der Waals surface area contributed by atoms with E-state index in [-0.39, 0.29) is 18.2 Å². The van der Waals surface area contributed by atoms with Gasteiger partial charge in [-0.3, -0.25) is 0 Å². The highest BCUT2D eigenvalue weighted by Gasteiger charge is 2.22. The number of halogens is 1. The van der Waals surface area contributed by atoms with E-state index in [0.717, 1.165) is 3.79 Å². The second-order valence-corrected chi connectivity index (χ2v) is 7.00. The van der Waals surface area contributed by atoms with Gasteiger partial charge < -0.3 is 10.5 Å². The summed E-state index contributed by atoms with van der Waals surface area (Å²) in [7, 11) is 0. The van der Waals surface area contributed by atoms with Crippen molar-refractivity contribution in [2.24, 2.45) is 11.7 Å². The van der Waals surface area contributed by atoms with Crippen LogP contribution in [0.5, 0.6) is 0 Å². The quantitative estimate of drug-likeness (QED) is 0.893. The second-order valence-electron chi connectivity index (χ2n) is 4.51. The standard InChI is InChI=1S/C12H20BrNOS/c1-7(2)9(4)15-12(8(3)14)10-5-6-11(13)16-10/h5-9,12H,14H2,1-4H3. The minimum atomic E-state index is -0.00583. The van der Waals surface area contributed by atoms with Gasteiger partial charge in [0.05, 0.1) is 9.89 Å². The second kappa shape index (κ2) is 6.15. The minimum absolute atomic E-state index is 0.00583. The van der Waals surface area contributed by atoms with E-state index in [1.807, 2.05) is 13.0 Å². The molecule has 0 bridgehead atoms. The summed E-state index contributed by atoms with van der Waals surface area (Å²) in [4.78, 5) is 1.19. The fourth-order valence-electron chi connectivity index (χ4n) is 1.32. The first-order valence-electron chi connectivity index (χ1n) is 5.58. The van der Waals surface area contributed by atoms with Crippen molar-refractivity contribution in [1.82, 2.24) is 0 Å². The Morgan fingerprint density at radius 2 is 1.88 bits per heavy atom. The molecule has 2 nitrogen and oxygen atoms in total. The smallest absolute Gasteiger partial charge is 0.107 e.